The Morgan fingerprint density at radius 1 is 0.738 bits per heavy atom. The SMILES string of the molecule is CCn1c2ccccc2c2cc(NC(=O)C(Sc3ccc(NS(=O)(=O)c4ccccc4)cc3)c3ccccc3)ccc21. The minimum Gasteiger partial charge on any atom is -0.341 e. The Bertz CT molecular complexity index is 1970. The Morgan fingerprint density at radius 2 is 1.36 bits per heavy atom. The molecule has 2 N–H and O–H groups in total. The van der Waals surface area contributed by atoms with Crippen molar-refractivity contribution < 1.29 is 13.2 Å². The molecule has 0 aliphatic carbocycles. The Labute approximate surface area is 249 Å². The first-order chi connectivity index (χ1) is 20.4. The van der Waals surface area contributed by atoms with E-state index in [0.29, 0.717) is 5.69 Å². The molecular formula is C34H29N3O3S2. The number of hydrogen-bond acceptors (Lipinski definition) is 4. The number of sulfonamides is 1. The number of para-hydroxylation sites is 1. The van der Waals surface area contributed by atoms with Crippen molar-refractivity contribution >= 4 is 60.9 Å². The lowest BCUT2D eigenvalue weighted by Crippen LogP contribution is -2.19. The Hall–Kier alpha value is -4.53. The van der Waals surface area contributed by atoms with Crippen LogP contribution in [0.25, 0.3) is 21.8 Å². The molecule has 6 rings (SSSR count). The van der Waals surface area contributed by atoms with E-state index in [4.69, 9.17) is 0 Å². The fraction of sp³-hybridized carbons (Fsp3) is 0.0882. The summed E-state index contributed by atoms with van der Waals surface area (Å²) in [4.78, 5) is 14.8. The van der Waals surface area contributed by atoms with Crippen LogP contribution in [0, 0.1) is 0 Å². The maximum absolute atomic E-state index is 13.8. The van der Waals surface area contributed by atoms with Crippen LogP contribution < -0.4 is 10.0 Å². The van der Waals surface area contributed by atoms with Gasteiger partial charge in [-0.3, -0.25) is 9.52 Å². The highest BCUT2D eigenvalue weighted by molar-refractivity contribution is 8.00. The molecule has 0 saturated carbocycles. The van der Waals surface area contributed by atoms with Gasteiger partial charge in [-0.15, -0.1) is 11.8 Å². The van der Waals surface area contributed by atoms with Gasteiger partial charge in [0, 0.05) is 44.6 Å². The third-order valence-electron chi connectivity index (χ3n) is 7.11. The number of rotatable bonds is 9. The second-order valence-electron chi connectivity index (χ2n) is 9.83. The molecule has 1 unspecified atom stereocenters. The number of carbonyl (C=O) groups excluding carboxylic acids is 1. The average molecular weight is 592 g/mol. The van der Waals surface area contributed by atoms with Gasteiger partial charge >= 0.3 is 0 Å². The van der Waals surface area contributed by atoms with Crippen molar-refractivity contribution in [2.75, 3.05) is 10.0 Å². The third-order valence-corrected chi connectivity index (χ3v) is 9.77. The standard InChI is InChI=1S/C34H29N3O3S2/c1-2-37-31-16-10-9-15-29(31)30-23-26(19-22-32(30)37)35-34(38)33(24-11-5-3-6-12-24)41-27-20-17-25(18-21-27)36-42(39,40)28-13-7-4-8-14-28/h3-23,33,36H,2H2,1H3,(H,35,38). The smallest absolute Gasteiger partial charge is 0.261 e. The first-order valence-corrected chi connectivity index (χ1v) is 16.0. The van der Waals surface area contributed by atoms with Crippen LogP contribution in [-0.4, -0.2) is 18.9 Å². The molecule has 0 saturated heterocycles. The molecule has 6 nitrogen and oxygen atoms in total. The number of nitrogens with one attached hydrogen (secondary N) is 2. The van der Waals surface area contributed by atoms with Crippen LogP contribution in [0.3, 0.4) is 0 Å². The lowest BCUT2D eigenvalue weighted by atomic mass is 10.1. The molecule has 0 spiro atoms. The quantitative estimate of drug-likeness (QED) is 0.167. The lowest BCUT2D eigenvalue weighted by molar-refractivity contribution is -0.115. The molecule has 0 fully saturated rings. The van der Waals surface area contributed by atoms with Gasteiger partial charge in [-0.2, -0.15) is 0 Å². The normalized spacial score (nSPS) is 12.3. The van der Waals surface area contributed by atoms with Gasteiger partial charge in [0.15, 0.2) is 0 Å². The van der Waals surface area contributed by atoms with Crippen LogP contribution in [0.15, 0.2) is 137 Å². The molecule has 210 valence electrons. The number of thioether (sulfide) groups is 1. The topological polar surface area (TPSA) is 80.2 Å². The Kier molecular flexibility index (Phi) is 7.73. The highest BCUT2D eigenvalue weighted by atomic mass is 32.2. The zero-order chi connectivity index (χ0) is 29.1. The van der Waals surface area contributed by atoms with E-state index in [0.717, 1.165) is 39.0 Å². The van der Waals surface area contributed by atoms with E-state index in [2.05, 4.69) is 39.7 Å². The molecule has 0 aliphatic rings. The van der Waals surface area contributed by atoms with E-state index in [1.54, 1.807) is 42.5 Å². The van der Waals surface area contributed by atoms with E-state index in [1.807, 2.05) is 66.7 Å². The van der Waals surface area contributed by atoms with Crippen LogP contribution in [0.1, 0.15) is 17.7 Å². The van der Waals surface area contributed by atoms with E-state index in [1.165, 1.54) is 17.3 Å². The molecule has 1 atom stereocenters. The summed E-state index contributed by atoms with van der Waals surface area (Å²) in [6.45, 7) is 2.99. The van der Waals surface area contributed by atoms with Gasteiger partial charge in [-0.05, 0) is 73.2 Å². The number of aryl methyl sites for hydroxylation is 1. The van der Waals surface area contributed by atoms with Crippen molar-refractivity contribution in [1.29, 1.82) is 0 Å². The summed E-state index contributed by atoms with van der Waals surface area (Å²) >= 11 is 1.41. The number of aromatic nitrogens is 1. The van der Waals surface area contributed by atoms with Crippen LogP contribution in [0.2, 0.25) is 0 Å². The molecule has 8 heteroatoms. The third kappa shape index (κ3) is 5.64. The predicted octanol–water partition coefficient (Wildman–Crippen LogP) is 8.09. The molecule has 0 bridgehead atoms. The summed E-state index contributed by atoms with van der Waals surface area (Å²) in [6, 6.07) is 39.3. The molecule has 1 heterocycles. The number of anilines is 2. The summed E-state index contributed by atoms with van der Waals surface area (Å²) in [5.74, 6) is -0.140. The second kappa shape index (κ2) is 11.8. The van der Waals surface area contributed by atoms with Gasteiger partial charge in [0.05, 0.1) is 4.90 Å². The van der Waals surface area contributed by atoms with Crippen LogP contribution in [-0.2, 0) is 21.4 Å². The first kappa shape index (κ1) is 27.6. The number of amides is 1. The average Bonchev–Trinajstić information content (AvgIpc) is 3.34. The maximum Gasteiger partial charge on any atom is 0.261 e. The van der Waals surface area contributed by atoms with Gasteiger partial charge in [0.2, 0.25) is 5.91 Å². The van der Waals surface area contributed by atoms with Crippen molar-refractivity contribution in [3.05, 3.63) is 133 Å². The maximum atomic E-state index is 13.8. The Morgan fingerprint density at radius 3 is 2.07 bits per heavy atom. The number of hydrogen-bond donors (Lipinski definition) is 2. The van der Waals surface area contributed by atoms with E-state index in [9.17, 15) is 13.2 Å². The van der Waals surface area contributed by atoms with Gasteiger partial charge in [0.25, 0.3) is 10.0 Å². The lowest BCUT2D eigenvalue weighted by Gasteiger charge is -2.18. The zero-order valence-electron chi connectivity index (χ0n) is 22.9. The van der Waals surface area contributed by atoms with Gasteiger partial charge in [-0.1, -0.05) is 66.7 Å². The van der Waals surface area contributed by atoms with E-state index >= 15 is 0 Å². The summed E-state index contributed by atoms with van der Waals surface area (Å²) < 4.78 is 30.3. The van der Waals surface area contributed by atoms with Gasteiger partial charge in [-0.25, -0.2) is 8.42 Å². The predicted molar refractivity (Wildman–Crippen MR) is 172 cm³/mol. The van der Waals surface area contributed by atoms with Crippen LogP contribution in [0.5, 0.6) is 0 Å². The van der Waals surface area contributed by atoms with Crippen molar-refractivity contribution in [2.45, 2.75) is 28.5 Å². The number of benzene rings is 5. The van der Waals surface area contributed by atoms with Crippen molar-refractivity contribution in [2.24, 2.45) is 0 Å². The Balaban J connectivity index is 1.24. The molecule has 1 amide bonds. The zero-order valence-corrected chi connectivity index (χ0v) is 24.5. The van der Waals surface area contributed by atoms with Crippen molar-refractivity contribution in [3.63, 3.8) is 0 Å². The fourth-order valence-electron chi connectivity index (χ4n) is 5.13. The molecule has 6 aromatic rings. The van der Waals surface area contributed by atoms with Crippen LogP contribution >= 0.6 is 11.8 Å². The van der Waals surface area contributed by atoms with Gasteiger partial charge < -0.3 is 9.88 Å². The summed E-state index contributed by atoms with van der Waals surface area (Å²) in [5, 5.41) is 4.88. The van der Waals surface area contributed by atoms with Gasteiger partial charge in [0.1, 0.15) is 5.25 Å². The highest BCUT2D eigenvalue weighted by Gasteiger charge is 2.23. The fourth-order valence-corrected chi connectivity index (χ4v) is 7.24. The van der Waals surface area contributed by atoms with Crippen molar-refractivity contribution in [1.82, 2.24) is 4.57 Å². The minimum atomic E-state index is -3.69. The first-order valence-electron chi connectivity index (χ1n) is 13.6. The second-order valence-corrected chi connectivity index (χ2v) is 12.7. The minimum absolute atomic E-state index is 0.140. The summed E-state index contributed by atoms with van der Waals surface area (Å²) in [5.41, 5.74) is 4.36. The molecule has 0 aliphatic heterocycles. The molecule has 42 heavy (non-hydrogen) atoms. The molecule has 0 radical (unpaired) electrons. The van der Waals surface area contributed by atoms with E-state index in [-0.39, 0.29) is 10.8 Å². The van der Waals surface area contributed by atoms with E-state index < -0.39 is 15.3 Å². The number of nitrogens with zero attached hydrogens (tertiary/aromatic N) is 1. The highest BCUT2D eigenvalue weighted by Crippen LogP contribution is 2.38. The van der Waals surface area contributed by atoms with Crippen molar-refractivity contribution in [3.8, 4) is 0 Å². The molecular weight excluding hydrogens is 563 g/mol. The number of carbonyl (C=O) groups is 1. The largest absolute Gasteiger partial charge is 0.341 e. The molecule has 5 aromatic carbocycles. The number of fused-ring (bicyclic) bond motifs is 3. The van der Waals surface area contributed by atoms with Crippen LogP contribution in [0.4, 0.5) is 11.4 Å². The summed E-state index contributed by atoms with van der Waals surface area (Å²) in [7, 11) is -3.69. The molecule has 1 aromatic heterocycles. The summed E-state index contributed by atoms with van der Waals surface area (Å²) in [6.07, 6.45) is 0. The monoisotopic (exact) mass is 591 g/mol.